The number of methoxy groups -OCH3 is 1. The van der Waals surface area contributed by atoms with Crippen LogP contribution in [0.2, 0.25) is 0 Å². The zero-order valence-corrected chi connectivity index (χ0v) is 14.7. The van der Waals surface area contributed by atoms with E-state index in [1.54, 1.807) is 36.4 Å². The molecule has 130 valence electrons. The molecule has 1 N–H and O–H groups in total. The molecule has 0 spiro atoms. The average molecular weight is 358 g/mol. The summed E-state index contributed by atoms with van der Waals surface area (Å²) < 4.78 is 32.1. The molecule has 0 heterocycles. The molecule has 0 bridgehead atoms. The van der Waals surface area contributed by atoms with Crippen molar-refractivity contribution >= 4 is 21.6 Å². The van der Waals surface area contributed by atoms with Gasteiger partial charge in [-0.05, 0) is 42.5 Å². The standard InChI is InChI=1S/C18H18N2O4S/c1-4-14-6-5-7-15(12-14)20(13-18(21)19-2)25(22,23)17-10-8-16(24-3)9-11-17/h1,5-12H,13H2,2-3H3,(H,19,21). The summed E-state index contributed by atoms with van der Waals surface area (Å²) in [5, 5.41) is 2.43. The van der Waals surface area contributed by atoms with Gasteiger partial charge in [-0.25, -0.2) is 8.42 Å². The minimum absolute atomic E-state index is 0.0447. The molecule has 0 atom stereocenters. The molecule has 0 unspecified atom stereocenters. The Morgan fingerprint density at radius 3 is 2.48 bits per heavy atom. The van der Waals surface area contributed by atoms with Gasteiger partial charge in [0.2, 0.25) is 5.91 Å². The number of nitrogens with one attached hydrogen (secondary N) is 1. The molecule has 0 saturated heterocycles. The number of carbonyl (C=O) groups is 1. The Kier molecular flexibility index (Phi) is 5.67. The van der Waals surface area contributed by atoms with E-state index in [4.69, 9.17) is 11.2 Å². The van der Waals surface area contributed by atoms with Crippen molar-refractivity contribution in [1.82, 2.24) is 5.32 Å². The Labute approximate surface area is 147 Å². The first-order valence-corrected chi connectivity index (χ1v) is 8.80. The Morgan fingerprint density at radius 2 is 1.92 bits per heavy atom. The molecule has 0 radical (unpaired) electrons. The van der Waals surface area contributed by atoms with Crippen molar-refractivity contribution in [2.75, 3.05) is 25.0 Å². The van der Waals surface area contributed by atoms with Crippen LogP contribution in [0.4, 0.5) is 5.69 Å². The highest BCUT2D eigenvalue weighted by atomic mass is 32.2. The molecular formula is C18H18N2O4S. The summed E-state index contributed by atoms with van der Waals surface area (Å²) in [7, 11) is -1.03. The predicted octanol–water partition coefficient (Wildman–Crippen LogP) is 1.62. The maximum atomic E-state index is 13.0. The van der Waals surface area contributed by atoms with Gasteiger partial charge in [-0.2, -0.15) is 0 Å². The smallest absolute Gasteiger partial charge is 0.264 e. The van der Waals surface area contributed by atoms with Gasteiger partial charge in [-0.1, -0.05) is 12.0 Å². The molecule has 0 aliphatic carbocycles. The molecule has 0 saturated carbocycles. The van der Waals surface area contributed by atoms with Crippen molar-refractivity contribution in [2.45, 2.75) is 4.90 Å². The number of benzene rings is 2. The van der Waals surface area contributed by atoms with Crippen molar-refractivity contribution in [3.8, 4) is 18.1 Å². The third kappa shape index (κ3) is 4.11. The number of anilines is 1. The lowest BCUT2D eigenvalue weighted by Crippen LogP contribution is -2.39. The van der Waals surface area contributed by atoms with E-state index in [9.17, 15) is 13.2 Å². The van der Waals surface area contributed by atoms with Gasteiger partial charge in [0.05, 0.1) is 17.7 Å². The van der Waals surface area contributed by atoms with Crippen LogP contribution < -0.4 is 14.4 Å². The van der Waals surface area contributed by atoms with Gasteiger partial charge < -0.3 is 10.1 Å². The molecule has 1 amide bonds. The Bertz CT molecular complexity index is 899. The number of carbonyl (C=O) groups excluding carboxylic acids is 1. The molecule has 2 aromatic carbocycles. The first-order chi connectivity index (χ1) is 11.9. The fourth-order valence-electron chi connectivity index (χ4n) is 2.15. The molecule has 0 aliphatic rings. The number of nitrogens with zero attached hydrogens (tertiary/aromatic N) is 1. The third-order valence-corrected chi connectivity index (χ3v) is 5.30. The van der Waals surface area contributed by atoms with Crippen molar-refractivity contribution in [3.63, 3.8) is 0 Å². The summed E-state index contributed by atoms with van der Waals surface area (Å²) in [6.07, 6.45) is 5.39. The van der Waals surface area contributed by atoms with Gasteiger partial charge in [-0.3, -0.25) is 9.10 Å². The molecule has 0 fully saturated rings. The molecule has 7 heteroatoms. The van der Waals surface area contributed by atoms with Crippen molar-refractivity contribution in [2.24, 2.45) is 0 Å². The normalized spacial score (nSPS) is 10.6. The van der Waals surface area contributed by atoms with Crippen LogP contribution in [0.1, 0.15) is 5.56 Å². The highest BCUT2D eigenvalue weighted by Crippen LogP contribution is 2.25. The van der Waals surface area contributed by atoms with Gasteiger partial charge in [0, 0.05) is 12.6 Å². The number of hydrogen-bond acceptors (Lipinski definition) is 4. The quantitative estimate of drug-likeness (QED) is 0.796. The van der Waals surface area contributed by atoms with Gasteiger partial charge >= 0.3 is 0 Å². The fourth-order valence-corrected chi connectivity index (χ4v) is 3.56. The minimum Gasteiger partial charge on any atom is -0.497 e. The topological polar surface area (TPSA) is 75.7 Å². The summed E-state index contributed by atoms with van der Waals surface area (Å²) in [6, 6.07) is 12.4. The number of amides is 1. The maximum Gasteiger partial charge on any atom is 0.264 e. The number of sulfonamides is 1. The second-order valence-corrected chi connectivity index (χ2v) is 6.92. The van der Waals surface area contributed by atoms with Crippen LogP contribution in [0.15, 0.2) is 53.4 Å². The monoisotopic (exact) mass is 358 g/mol. The van der Waals surface area contributed by atoms with Crippen LogP contribution in [-0.2, 0) is 14.8 Å². The zero-order valence-electron chi connectivity index (χ0n) is 13.9. The highest BCUT2D eigenvalue weighted by Gasteiger charge is 2.27. The summed E-state index contributed by atoms with van der Waals surface area (Å²) >= 11 is 0. The average Bonchev–Trinajstić information content (AvgIpc) is 2.65. The van der Waals surface area contributed by atoms with E-state index in [0.717, 1.165) is 4.31 Å². The lowest BCUT2D eigenvalue weighted by atomic mass is 10.2. The highest BCUT2D eigenvalue weighted by molar-refractivity contribution is 7.92. The number of hydrogen-bond donors (Lipinski definition) is 1. The first kappa shape index (κ1) is 18.4. The first-order valence-electron chi connectivity index (χ1n) is 7.36. The van der Waals surface area contributed by atoms with Crippen molar-refractivity contribution in [1.29, 1.82) is 0 Å². The van der Waals surface area contributed by atoms with E-state index in [2.05, 4.69) is 11.2 Å². The van der Waals surface area contributed by atoms with Crippen molar-refractivity contribution in [3.05, 3.63) is 54.1 Å². The largest absolute Gasteiger partial charge is 0.497 e. The minimum atomic E-state index is -3.96. The number of ether oxygens (including phenoxy) is 1. The van der Waals surface area contributed by atoms with Crippen LogP contribution in [0.25, 0.3) is 0 Å². The maximum absolute atomic E-state index is 13.0. The SMILES string of the molecule is C#Cc1cccc(N(CC(=O)NC)S(=O)(=O)c2ccc(OC)cc2)c1. The summed E-state index contributed by atoms with van der Waals surface area (Å²) in [5.41, 5.74) is 0.833. The van der Waals surface area contributed by atoms with E-state index in [1.807, 2.05) is 0 Å². The molecule has 0 aromatic heterocycles. The van der Waals surface area contributed by atoms with Gasteiger partial charge in [-0.15, -0.1) is 6.42 Å². The van der Waals surface area contributed by atoms with Gasteiger partial charge in [0.1, 0.15) is 12.3 Å². The molecular weight excluding hydrogens is 340 g/mol. The van der Waals surface area contributed by atoms with E-state index in [1.165, 1.54) is 26.3 Å². The molecule has 0 aliphatic heterocycles. The number of likely N-dealkylation sites (N-methyl/N-ethyl adjacent to an activating group) is 1. The van der Waals surface area contributed by atoms with Crippen LogP contribution in [-0.4, -0.2) is 35.0 Å². The molecule has 6 nitrogen and oxygen atoms in total. The van der Waals surface area contributed by atoms with Gasteiger partial charge in [0.25, 0.3) is 10.0 Å². The van der Waals surface area contributed by atoms with Crippen molar-refractivity contribution < 1.29 is 17.9 Å². The second-order valence-electron chi connectivity index (χ2n) is 5.06. The number of rotatable bonds is 6. The Hall–Kier alpha value is -2.98. The fraction of sp³-hybridized carbons (Fsp3) is 0.167. The van der Waals surface area contributed by atoms with Crippen LogP contribution >= 0.6 is 0 Å². The van der Waals surface area contributed by atoms with E-state index in [-0.39, 0.29) is 11.4 Å². The Balaban J connectivity index is 2.52. The predicted molar refractivity (Wildman–Crippen MR) is 96.0 cm³/mol. The lowest BCUT2D eigenvalue weighted by Gasteiger charge is -2.24. The van der Waals surface area contributed by atoms with Crippen LogP contribution in [0, 0.1) is 12.3 Å². The van der Waals surface area contributed by atoms with Crippen LogP contribution in [0.5, 0.6) is 5.75 Å². The lowest BCUT2D eigenvalue weighted by molar-refractivity contribution is -0.119. The Morgan fingerprint density at radius 1 is 1.24 bits per heavy atom. The summed E-state index contributed by atoms with van der Waals surface area (Å²) in [5.74, 6) is 2.55. The third-order valence-electron chi connectivity index (χ3n) is 3.51. The summed E-state index contributed by atoms with van der Waals surface area (Å²) in [6.45, 7) is -0.362. The molecule has 25 heavy (non-hydrogen) atoms. The second kappa shape index (κ2) is 7.73. The molecule has 2 rings (SSSR count). The number of terminal acetylenes is 1. The van der Waals surface area contributed by atoms with Crippen LogP contribution in [0.3, 0.4) is 0 Å². The van der Waals surface area contributed by atoms with Gasteiger partial charge in [0.15, 0.2) is 0 Å². The zero-order chi connectivity index (χ0) is 18.4. The van der Waals surface area contributed by atoms with E-state index in [0.29, 0.717) is 17.0 Å². The van der Waals surface area contributed by atoms with E-state index < -0.39 is 15.9 Å². The molecule has 2 aromatic rings. The van der Waals surface area contributed by atoms with E-state index >= 15 is 0 Å². The summed E-state index contributed by atoms with van der Waals surface area (Å²) in [4.78, 5) is 11.9.